The van der Waals surface area contributed by atoms with Crippen molar-refractivity contribution in [3.63, 3.8) is 0 Å². The minimum Gasteiger partial charge on any atom is -0.278 e. The molecule has 0 bridgehead atoms. The average molecular weight is 237 g/mol. The first kappa shape index (κ1) is 12.8. The fourth-order valence-corrected chi connectivity index (χ4v) is 1.31. The summed E-state index contributed by atoms with van der Waals surface area (Å²) in [6.07, 6.45) is 0.414. The minimum absolute atomic E-state index is 0.349. The average Bonchev–Trinajstić information content (AvgIpc) is 2.30. The van der Waals surface area contributed by atoms with Gasteiger partial charge in [-0.2, -0.15) is 0 Å². The summed E-state index contributed by atoms with van der Waals surface area (Å²) in [6, 6.07) is 0. The van der Waals surface area contributed by atoms with Crippen LogP contribution in [0.4, 0.5) is 0 Å². The molecule has 1 heterocycles. The van der Waals surface area contributed by atoms with E-state index in [1.165, 1.54) is 10.4 Å². The molecule has 0 saturated heterocycles. The Balaban J connectivity index is 2.94. The fraction of sp³-hybridized carbons (Fsp3) is 0.500. The van der Waals surface area contributed by atoms with Crippen molar-refractivity contribution in [3.05, 3.63) is 0 Å². The van der Waals surface area contributed by atoms with Crippen LogP contribution in [0.2, 0.25) is 0 Å². The predicted molar refractivity (Wildman–Crippen MR) is 70.1 cm³/mol. The highest BCUT2D eigenvalue weighted by Crippen LogP contribution is 2.02. The van der Waals surface area contributed by atoms with Crippen LogP contribution in [0.25, 0.3) is 0 Å². The van der Waals surface area contributed by atoms with Gasteiger partial charge < -0.3 is 0 Å². The predicted octanol–water partition coefficient (Wildman–Crippen LogP) is 0.279. The summed E-state index contributed by atoms with van der Waals surface area (Å²) in [6.45, 7) is 4.70. The van der Waals surface area contributed by atoms with Crippen molar-refractivity contribution in [3.8, 4) is 11.8 Å². The van der Waals surface area contributed by atoms with E-state index >= 15 is 0 Å². The Morgan fingerprint density at radius 3 is 2.94 bits per heavy atom. The van der Waals surface area contributed by atoms with E-state index in [1.807, 2.05) is 13.8 Å². The van der Waals surface area contributed by atoms with Gasteiger partial charge >= 0.3 is 0 Å². The minimum atomic E-state index is -0.349. The third-order valence-electron chi connectivity index (χ3n) is 1.86. The summed E-state index contributed by atoms with van der Waals surface area (Å²) in [5.74, 6) is 12.5. The zero-order valence-corrected chi connectivity index (χ0v) is 10.2. The number of thiocarbonyl (C=S) groups is 1. The Hall–Kier alpha value is -1.29. The molecule has 0 aromatic carbocycles. The number of hydrogen-bond acceptors (Lipinski definition) is 6. The zero-order chi connectivity index (χ0) is 12.0. The van der Waals surface area contributed by atoms with Gasteiger partial charge in [-0.25, -0.2) is 15.8 Å². The lowest BCUT2D eigenvalue weighted by atomic mass is 10.4. The monoisotopic (exact) mass is 237 g/mol. The Morgan fingerprint density at radius 1 is 1.62 bits per heavy atom. The number of hydrazine groups is 1. The summed E-state index contributed by atoms with van der Waals surface area (Å²) in [7, 11) is 0. The lowest BCUT2D eigenvalue weighted by molar-refractivity contribution is 0.282. The topological polar surface area (TPSA) is 66.0 Å². The van der Waals surface area contributed by atoms with Crippen molar-refractivity contribution < 1.29 is 0 Å². The van der Waals surface area contributed by atoms with Crippen molar-refractivity contribution in [2.75, 3.05) is 6.54 Å². The van der Waals surface area contributed by atoms with E-state index in [0.717, 1.165) is 13.0 Å². The van der Waals surface area contributed by atoms with Crippen LogP contribution in [0.3, 0.4) is 0 Å². The highest BCUT2D eigenvalue weighted by molar-refractivity contribution is 7.80. The molecule has 86 valence electrons. The Labute approximate surface area is 101 Å². The van der Waals surface area contributed by atoms with E-state index in [0.29, 0.717) is 11.7 Å². The van der Waals surface area contributed by atoms with Gasteiger partial charge in [0.05, 0.1) is 0 Å². The van der Waals surface area contributed by atoms with Crippen LogP contribution in [0, 0.1) is 11.8 Å². The Morgan fingerprint density at radius 2 is 2.38 bits per heavy atom. The number of nitrogens with two attached hydrogens (primary N) is 1. The number of hydrogen-bond donors (Lipinski definition) is 2. The molecule has 0 fully saturated rings. The van der Waals surface area contributed by atoms with Gasteiger partial charge in [-0.15, -0.1) is 0 Å². The van der Waals surface area contributed by atoms with E-state index in [9.17, 15) is 0 Å². The molecule has 1 aliphatic heterocycles. The van der Waals surface area contributed by atoms with Crippen LogP contribution < -0.4 is 11.2 Å². The van der Waals surface area contributed by atoms with E-state index < -0.39 is 0 Å². The molecular formula is C10H15N5S. The number of nitrogens with zero attached hydrogens (tertiary/aromatic N) is 3. The number of aliphatic imine (C=N–C) groups is 2. The fourth-order valence-electron chi connectivity index (χ4n) is 1.14. The molecule has 0 aromatic rings. The quantitative estimate of drug-likeness (QED) is 0.420. The maximum atomic E-state index is 5.80. The second kappa shape index (κ2) is 6.33. The maximum Gasteiger partial charge on any atom is 0.205 e. The molecule has 0 aliphatic carbocycles. The molecular weight excluding hydrogens is 222 g/mol. The zero-order valence-electron chi connectivity index (χ0n) is 9.40. The van der Waals surface area contributed by atoms with Crippen molar-refractivity contribution in [2.24, 2.45) is 15.8 Å². The molecule has 0 spiro atoms. The van der Waals surface area contributed by atoms with Crippen LogP contribution in [0.15, 0.2) is 9.98 Å². The molecule has 1 aliphatic rings. The van der Waals surface area contributed by atoms with Crippen molar-refractivity contribution in [2.45, 2.75) is 26.6 Å². The Kier molecular flexibility index (Phi) is 5.05. The van der Waals surface area contributed by atoms with Gasteiger partial charge in [-0.1, -0.05) is 32.0 Å². The largest absolute Gasteiger partial charge is 0.278 e. The molecule has 6 heteroatoms. The van der Waals surface area contributed by atoms with Gasteiger partial charge in [0.15, 0.2) is 12.1 Å². The standard InChI is InChI=1S/C10H15N5S/c1-3-5-6-8-13-9(7-16)15(11)10(14-8)12-4-2/h7,10,12H,3-4,11H2,1-2H3. The molecule has 16 heavy (non-hydrogen) atoms. The van der Waals surface area contributed by atoms with Crippen molar-refractivity contribution >= 4 is 29.3 Å². The summed E-state index contributed by atoms with van der Waals surface area (Å²) in [5, 5.41) is 5.92. The van der Waals surface area contributed by atoms with Gasteiger partial charge in [0.1, 0.15) is 0 Å². The molecule has 0 aromatic heterocycles. The summed E-state index contributed by atoms with van der Waals surface area (Å²) >= 11 is 4.84. The van der Waals surface area contributed by atoms with Crippen molar-refractivity contribution in [1.82, 2.24) is 10.3 Å². The van der Waals surface area contributed by atoms with Gasteiger partial charge in [0, 0.05) is 11.8 Å². The SMILES string of the molecule is CCC#CC1=NC(NCC)N(N)C(C=S)=N1. The maximum absolute atomic E-state index is 5.80. The van der Waals surface area contributed by atoms with Gasteiger partial charge in [-0.3, -0.25) is 10.3 Å². The molecule has 1 rings (SSSR count). The molecule has 5 nitrogen and oxygen atoms in total. The second-order valence-corrected chi connectivity index (χ2v) is 3.27. The molecule has 0 radical (unpaired) electrons. The molecule has 0 saturated carbocycles. The smallest absolute Gasteiger partial charge is 0.205 e. The van der Waals surface area contributed by atoms with E-state index in [-0.39, 0.29) is 6.29 Å². The highest BCUT2D eigenvalue weighted by Gasteiger charge is 2.20. The lowest BCUT2D eigenvalue weighted by Crippen LogP contribution is -2.54. The Bertz CT molecular complexity index is 376. The molecule has 1 atom stereocenters. The molecule has 0 amide bonds. The first-order chi connectivity index (χ1) is 7.72. The lowest BCUT2D eigenvalue weighted by Gasteiger charge is -2.28. The van der Waals surface area contributed by atoms with Crippen LogP contribution >= 0.6 is 12.2 Å². The van der Waals surface area contributed by atoms with E-state index in [1.54, 1.807) is 0 Å². The van der Waals surface area contributed by atoms with E-state index in [4.69, 9.17) is 18.1 Å². The van der Waals surface area contributed by atoms with Gasteiger partial charge in [0.25, 0.3) is 0 Å². The summed E-state index contributed by atoms with van der Waals surface area (Å²) < 4.78 is 0. The molecule has 3 N–H and O–H groups in total. The van der Waals surface area contributed by atoms with Crippen molar-refractivity contribution in [1.29, 1.82) is 0 Å². The van der Waals surface area contributed by atoms with E-state index in [2.05, 4.69) is 27.1 Å². The third kappa shape index (κ3) is 3.10. The van der Waals surface area contributed by atoms with Crippen LogP contribution in [-0.2, 0) is 0 Å². The van der Waals surface area contributed by atoms with Gasteiger partial charge in [0.2, 0.25) is 5.84 Å². The van der Waals surface area contributed by atoms with Crippen LogP contribution in [0.1, 0.15) is 20.3 Å². The number of rotatable bonds is 3. The number of nitrogens with one attached hydrogen (secondary N) is 1. The first-order valence-corrected chi connectivity index (χ1v) is 5.57. The third-order valence-corrected chi connectivity index (χ3v) is 2.07. The highest BCUT2D eigenvalue weighted by atomic mass is 32.1. The van der Waals surface area contributed by atoms with Crippen LogP contribution in [-0.4, -0.2) is 34.9 Å². The molecule has 1 unspecified atom stereocenters. The first-order valence-electron chi connectivity index (χ1n) is 5.10. The number of amidine groups is 2. The van der Waals surface area contributed by atoms with Crippen LogP contribution in [0.5, 0.6) is 0 Å². The summed E-state index contributed by atoms with van der Waals surface area (Å²) in [5.41, 5.74) is 0. The second-order valence-electron chi connectivity index (χ2n) is 3.03. The van der Waals surface area contributed by atoms with Gasteiger partial charge in [-0.05, 0) is 12.5 Å². The summed E-state index contributed by atoms with van der Waals surface area (Å²) in [4.78, 5) is 8.41. The normalized spacial score (nSPS) is 19.4.